The van der Waals surface area contributed by atoms with Crippen LogP contribution in [0.5, 0.6) is 0 Å². The summed E-state index contributed by atoms with van der Waals surface area (Å²) in [7, 11) is 0. The fourth-order valence-electron chi connectivity index (χ4n) is 8.22. The maximum Gasteiger partial charge on any atom is 0.0592 e. The molecule has 3 heteroatoms. The zero-order valence-electron chi connectivity index (χ0n) is 23.9. The molecule has 0 aromatic rings. The molecule has 0 bridgehead atoms. The lowest BCUT2D eigenvalue weighted by Crippen LogP contribution is -2.47. The van der Waals surface area contributed by atoms with Crippen LogP contribution in [-0.4, -0.2) is 33.1 Å². The average molecular weight is 477 g/mol. The normalized spacial score (nSPS) is 37.2. The molecule has 0 heterocycles. The molecule has 0 aromatic carbocycles. The van der Waals surface area contributed by atoms with Crippen molar-refractivity contribution in [2.45, 2.75) is 151 Å². The molecule has 0 amide bonds. The molecule has 0 aromatic heterocycles. The van der Waals surface area contributed by atoms with Crippen LogP contribution in [0.2, 0.25) is 0 Å². The zero-order valence-corrected chi connectivity index (χ0v) is 23.9. The number of aliphatic hydroxyl groups is 3. The van der Waals surface area contributed by atoms with Gasteiger partial charge in [0.15, 0.2) is 0 Å². The van der Waals surface area contributed by atoms with E-state index in [1.54, 1.807) is 11.1 Å². The van der Waals surface area contributed by atoms with Crippen molar-refractivity contribution in [1.82, 2.24) is 0 Å². The summed E-state index contributed by atoms with van der Waals surface area (Å²) in [5.41, 5.74) is 3.38. The quantitative estimate of drug-likeness (QED) is 0.319. The monoisotopic (exact) mass is 476 g/mol. The highest BCUT2D eigenvalue weighted by molar-refractivity contribution is 5.36. The van der Waals surface area contributed by atoms with Gasteiger partial charge in [0.25, 0.3) is 0 Å². The van der Waals surface area contributed by atoms with Crippen LogP contribution in [0, 0.1) is 33.5 Å². The maximum atomic E-state index is 11.1. The summed E-state index contributed by atoms with van der Waals surface area (Å²) in [4.78, 5) is 0. The van der Waals surface area contributed by atoms with Gasteiger partial charge in [-0.25, -0.2) is 0 Å². The molecule has 1 saturated carbocycles. The van der Waals surface area contributed by atoms with E-state index in [0.29, 0.717) is 18.8 Å². The smallest absolute Gasteiger partial charge is 0.0592 e. The van der Waals surface area contributed by atoms with Crippen LogP contribution in [0.15, 0.2) is 11.1 Å². The highest BCUT2D eigenvalue weighted by atomic mass is 16.3. The van der Waals surface area contributed by atoms with E-state index in [4.69, 9.17) is 0 Å². The first kappa shape index (κ1) is 28.2. The third-order valence-corrected chi connectivity index (χ3v) is 11.1. The first-order chi connectivity index (χ1) is 15.4. The Morgan fingerprint density at radius 3 is 2.15 bits per heavy atom. The predicted molar refractivity (Wildman–Crippen MR) is 143 cm³/mol. The minimum absolute atomic E-state index is 0.0553. The summed E-state index contributed by atoms with van der Waals surface area (Å²) in [6.07, 6.45) is 11.3. The maximum absolute atomic E-state index is 11.1. The fourth-order valence-corrected chi connectivity index (χ4v) is 8.22. The van der Waals surface area contributed by atoms with E-state index >= 15 is 0 Å². The molecule has 3 nitrogen and oxygen atoms in total. The Hall–Kier alpha value is -0.380. The third-order valence-electron chi connectivity index (χ3n) is 11.1. The lowest BCUT2D eigenvalue weighted by Gasteiger charge is -2.56. The van der Waals surface area contributed by atoms with Crippen LogP contribution in [0.25, 0.3) is 0 Å². The standard InChI is InChI=1S/C31H56O3/c1-21(25(32)14-17-28(5,6)34)22-12-19-31(9)24-11-10-16-29(7,18-15-26(33)27(2,3)4)23(24)13-20-30(22,31)8/h21-22,25-26,32-34H,10-20H2,1-9H3/t21-,22+,25?,26-,29+,30+,31-/m0/s1. The summed E-state index contributed by atoms with van der Waals surface area (Å²) >= 11 is 0. The second-order valence-corrected chi connectivity index (χ2v) is 15.0. The van der Waals surface area contributed by atoms with Crippen LogP contribution >= 0.6 is 0 Å². The summed E-state index contributed by atoms with van der Waals surface area (Å²) in [5, 5.41) is 32.0. The van der Waals surface area contributed by atoms with Crippen LogP contribution in [-0.2, 0) is 0 Å². The van der Waals surface area contributed by atoms with Crippen molar-refractivity contribution in [3.63, 3.8) is 0 Å². The lowest BCUT2D eigenvalue weighted by molar-refractivity contribution is -0.0210. The van der Waals surface area contributed by atoms with Crippen LogP contribution in [0.1, 0.15) is 133 Å². The number of hydrogen-bond acceptors (Lipinski definition) is 3. The van der Waals surface area contributed by atoms with Gasteiger partial charge in [-0.15, -0.1) is 0 Å². The molecule has 3 aliphatic carbocycles. The number of fused-ring (bicyclic) bond motifs is 2. The van der Waals surface area contributed by atoms with Gasteiger partial charge in [-0.1, -0.05) is 59.6 Å². The molecule has 0 saturated heterocycles. The van der Waals surface area contributed by atoms with Gasteiger partial charge >= 0.3 is 0 Å². The van der Waals surface area contributed by atoms with Crippen LogP contribution in [0.4, 0.5) is 0 Å². The molecule has 0 radical (unpaired) electrons. The van der Waals surface area contributed by atoms with Crippen molar-refractivity contribution in [3.05, 3.63) is 11.1 Å². The molecule has 0 aliphatic heterocycles. The summed E-state index contributed by atoms with van der Waals surface area (Å²) < 4.78 is 0. The van der Waals surface area contributed by atoms with E-state index in [-0.39, 0.29) is 39.8 Å². The Balaban J connectivity index is 1.83. The molecule has 7 atom stereocenters. The van der Waals surface area contributed by atoms with Gasteiger partial charge in [0.2, 0.25) is 0 Å². The third kappa shape index (κ3) is 5.18. The van der Waals surface area contributed by atoms with Gasteiger partial charge in [-0.05, 0) is 118 Å². The van der Waals surface area contributed by atoms with Gasteiger partial charge in [0, 0.05) is 0 Å². The van der Waals surface area contributed by atoms with Gasteiger partial charge in [0.05, 0.1) is 17.8 Å². The first-order valence-corrected chi connectivity index (χ1v) is 14.3. The Kier molecular flexibility index (Phi) is 7.87. The minimum atomic E-state index is -0.716. The number of hydrogen-bond donors (Lipinski definition) is 3. The topological polar surface area (TPSA) is 60.7 Å². The second-order valence-electron chi connectivity index (χ2n) is 15.0. The second kappa shape index (κ2) is 9.49. The number of rotatable bonds is 8. The van der Waals surface area contributed by atoms with Crippen molar-refractivity contribution < 1.29 is 15.3 Å². The van der Waals surface area contributed by atoms with Crippen molar-refractivity contribution in [2.75, 3.05) is 0 Å². The van der Waals surface area contributed by atoms with Crippen molar-refractivity contribution in [3.8, 4) is 0 Å². The van der Waals surface area contributed by atoms with E-state index in [9.17, 15) is 15.3 Å². The number of aliphatic hydroxyl groups excluding tert-OH is 2. The van der Waals surface area contributed by atoms with E-state index in [0.717, 1.165) is 12.8 Å². The predicted octanol–water partition coefficient (Wildman–Crippen LogP) is 7.42. The Bertz CT molecular complexity index is 756. The van der Waals surface area contributed by atoms with Gasteiger partial charge in [-0.3, -0.25) is 0 Å². The molecule has 34 heavy (non-hydrogen) atoms. The molecule has 198 valence electrons. The SMILES string of the molecule is C[C@H](C(O)CCC(C)(C)O)[C@H]1CC[C@@]2(C)C3=C(CC[C@]12C)[C@@](C)(CC[C@H](O)C(C)(C)C)CCC3. The van der Waals surface area contributed by atoms with E-state index < -0.39 is 5.60 Å². The molecular formula is C31H56O3. The molecule has 3 rings (SSSR count). The van der Waals surface area contributed by atoms with E-state index in [2.05, 4.69) is 48.5 Å². The lowest BCUT2D eigenvalue weighted by atomic mass is 9.49. The molecule has 1 fully saturated rings. The first-order valence-electron chi connectivity index (χ1n) is 14.3. The largest absolute Gasteiger partial charge is 0.393 e. The highest BCUT2D eigenvalue weighted by Crippen LogP contribution is 2.70. The van der Waals surface area contributed by atoms with E-state index in [1.807, 2.05) is 13.8 Å². The summed E-state index contributed by atoms with van der Waals surface area (Å²) in [6.45, 7) is 20.0. The number of allylic oxidation sites excluding steroid dienone is 2. The van der Waals surface area contributed by atoms with Crippen molar-refractivity contribution in [1.29, 1.82) is 0 Å². The Labute approximate surface area is 210 Å². The Morgan fingerprint density at radius 2 is 1.56 bits per heavy atom. The van der Waals surface area contributed by atoms with Crippen molar-refractivity contribution >= 4 is 0 Å². The fraction of sp³-hybridized carbons (Fsp3) is 0.935. The minimum Gasteiger partial charge on any atom is -0.393 e. The van der Waals surface area contributed by atoms with Gasteiger partial charge in [0.1, 0.15) is 0 Å². The van der Waals surface area contributed by atoms with Gasteiger partial charge < -0.3 is 15.3 Å². The van der Waals surface area contributed by atoms with Gasteiger partial charge in [-0.2, -0.15) is 0 Å². The van der Waals surface area contributed by atoms with Crippen LogP contribution in [0.3, 0.4) is 0 Å². The average Bonchev–Trinajstić information content (AvgIpc) is 3.00. The molecule has 3 aliphatic rings. The molecule has 3 N–H and O–H groups in total. The molecule has 0 spiro atoms. The van der Waals surface area contributed by atoms with Crippen LogP contribution < -0.4 is 0 Å². The zero-order chi connectivity index (χ0) is 25.7. The molecular weight excluding hydrogens is 420 g/mol. The van der Waals surface area contributed by atoms with E-state index in [1.165, 1.54) is 44.9 Å². The highest BCUT2D eigenvalue weighted by Gasteiger charge is 2.60. The molecule has 1 unspecified atom stereocenters. The summed E-state index contributed by atoms with van der Waals surface area (Å²) in [5.74, 6) is 0.785. The van der Waals surface area contributed by atoms with Crippen molar-refractivity contribution in [2.24, 2.45) is 33.5 Å². The Morgan fingerprint density at radius 1 is 0.912 bits per heavy atom. The summed E-state index contributed by atoms with van der Waals surface area (Å²) in [6, 6.07) is 0.